The number of fused-ring (bicyclic) bond motifs is 1. The van der Waals surface area contributed by atoms with E-state index in [4.69, 9.17) is 14.7 Å². The lowest BCUT2D eigenvalue weighted by atomic mass is 10.1. The van der Waals surface area contributed by atoms with Gasteiger partial charge in [-0.1, -0.05) is 13.8 Å². The first-order valence-electron chi connectivity index (χ1n) is 11.7. The number of hydrogen-bond acceptors (Lipinski definition) is 10. The molecule has 1 atom stereocenters. The second kappa shape index (κ2) is 9.75. The smallest absolute Gasteiger partial charge is 0.223 e. The first kappa shape index (κ1) is 23.4. The fourth-order valence-electron chi connectivity index (χ4n) is 4.03. The minimum absolute atomic E-state index is 0.181. The first-order valence-corrected chi connectivity index (χ1v) is 11.7. The Morgan fingerprint density at radius 3 is 2.81 bits per heavy atom. The third-order valence-electron chi connectivity index (χ3n) is 6.11. The average Bonchev–Trinajstić information content (AvgIpc) is 3.26. The van der Waals surface area contributed by atoms with Crippen LogP contribution in [0.2, 0.25) is 0 Å². The van der Waals surface area contributed by atoms with Crippen LogP contribution in [0.25, 0.3) is 11.2 Å². The van der Waals surface area contributed by atoms with Gasteiger partial charge < -0.3 is 24.3 Å². The third kappa shape index (κ3) is 4.76. The summed E-state index contributed by atoms with van der Waals surface area (Å²) in [6, 6.07) is 9.32. The van der Waals surface area contributed by atoms with Crippen LogP contribution in [-0.2, 0) is 11.8 Å². The van der Waals surface area contributed by atoms with Crippen LogP contribution in [0.15, 0.2) is 36.8 Å². The molecule has 0 unspecified atom stereocenters. The molecule has 4 aromatic rings. The molecular formula is C25H27N9O2. The van der Waals surface area contributed by atoms with E-state index in [0.717, 1.165) is 24.5 Å². The van der Waals surface area contributed by atoms with Gasteiger partial charge >= 0.3 is 0 Å². The summed E-state index contributed by atoms with van der Waals surface area (Å²) in [4.78, 5) is 15.4. The van der Waals surface area contributed by atoms with Crippen LogP contribution in [-0.4, -0.2) is 55.5 Å². The lowest BCUT2D eigenvalue weighted by molar-refractivity contribution is 0.0111. The lowest BCUT2D eigenvalue weighted by Gasteiger charge is -2.35. The van der Waals surface area contributed by atoms with Crippen LogP contribution in [0.1, 0.15) is 25.1 Å². The Morgan fingerprint density at radius 1 is 1.22 bits per heavy atom. The van der Waals surface area contributed by atoms with E-state index in [9.17, 15) is 0 Å². The number of nitriles is 1. The van der Waals surface area contributed by atoms with Crippen molar-refractivity contribution in [2.45, 2.75) is 26.9 Å². The Bertz CT molecular complexity index is 1430. The van der Waals surface area contributed by atoms with Gasteiger partial charge in [0.05, 0.1) is 30.9 Å². The minimum Gasteiger partial charge on any atom is -0.437 e. The van der Waals surface area contributed by atoms with Crippen molar-refractivity contribution in [2.24, 2.45) is 13.0 Å². The molecule has 0 aromatic carbocycles. The maximum Gasteiger partial charge on any atom is 0.223 e. The van der Waals surface area contributed by atoms with E-state index < -0.39 is 0 Å². The van der Waals surface area contributed by atoms with Gasteiger partial charge in [0.1, 0.15) is 17.3 Å². The van der Waals surface area contributed by atoms with E-state index in [1.807, 2.05) is 36.7 Å². The van der Waals surface area contributed by atoms with E-state index in [1.165, 1.54) is 6.20 Å². The topological polar surface area (TPSA) is 127 Å². The van der Waals surface area contributed by atoms with Crippen molar-refractivity contribution in [3.05, 3.63) is 48.0 Å². The molecule has 5 rings (SSSR count). The number of aromatic nitrogens is 6. The predicted octanol–water partition coefficient (Wildman–Crippen LogP) is 3.73. The molecule has 0 radical (unpaired) electrons. The van der Waals surface area contributed by atoms with Gasteiger partial charge in [-0.25, -0.2) is 9.97 Å². The summed E-state index contributed by atoms with van der Waals surface area (Å²) in [6.07, 6.45) is 3.40. The number of anilines is 3. The number of rotatable bonds is 6. The monoisotopic (exact) mass is 485 g/mol. The molecular weight excluding hydrogens is 458 g/mol. The van der Waals surface area contributed by atoms with Gasteiger partial charge in [-0.05, 0) is 36.6 Å². The van der Waals surface area contributed by atoms with Crippen LogP contribution in [0.3, 0.4) is 0 Å². The standard InChI is InChI=1S/C25H27N9O2/c1-15(2)20-13-34(7-8-35-20)22-6-5-21(31-32-22)29-18-10-23(30-25-24(18)28-14-33(25)4)36-19-12-27-17(11-26)9-16(19)3/h5-6,9-10,12,14-15,20H,7-8,13H2,1-4H3,(H,29,30,31)/t20-/m1/s1. The number of morpholine rings is 1. The largest absolute Gasteiger partial charge is 0.437 e. The van der Waals surface area contributed by atoms with E-state index in [1.54, 1.807) is 18.5 Å². The normalized spacial score (nSPS) is 15.8. The molecule has 0 aliphatic carbocycles. The van der Waals surface area contributed by atoms with Crippen molar-refractivity contribution in [2.75, 3.05) is 29.9 Å². The molecule has 1 aliphatic heterocycles. The number of aryl methyl sites for hydroxylation is 2. The molecule has 184 valence electrons. The zero-order chi connectivity index (χ0) is 25.2. The summed E-state index contributed by atoms with van der Waals surface area (Å²) in [7, 11) is 1.87. The highest BCUT2D eigenvalue weighted by molar-refractivity contribution is 5.88. The zero-order valence-corrected chi connectivity index (χ0v) is 20.6. The molecule has 1 N–H and O–H groups in total. The molecule has 4 aromatic heterocycles. The van der Waals surface area contributed by atoms with Crippen molar-refractivity contribution in [3.8, 4) is 17.7 Å². The SMILES string of the molecule is Cc1cc(C#N)ncc1Oc1cc(Nc2ccc(N3CCO[C@@H](C(C)C)C3)nn2)c2ncn(C)c2n1. The quantitative estimate of drug-likeness (QED) is 0.431. The Balaban J connectivity index is 1.39. The van der Waals surface area contributed by atoms with Crippen LogP contribution < -0.4 is 15.0 Å². The lowest BCUT2D eigenvalue weighted by Crippen LogP contribution is -2.45. The van der Waals surface area contributed by atoms with Crippen LogP contribution >= 0.6 is 0 Å². The van der Waals surface area contributed by atoms with Gasteiger partial charge in [0, 0.05) is 26.2 Å². The third-order valence-corrected chi connectivity index (χ3v) is 6.11. The second-order valence-corrected chi connectivity index (χ2v) is 9.09. The molecule has 0 spiro atoms. The summed E-state index contributed by atoms with van der Waals surface area (Å²) in [5.41, 5.74) is 3.12. The average molecular weight is 486 g/mol. The molecule has 36 heavy (non-hydrogen) atoms. The molecule has 0 bridgehead atoms. The van der Waals surface area contributed by atoms with Gasteiger partial charge in [0.25, 0.3) is 0 Å². The highest BCUT2D eigenvalue weighted by Gasteiger charge is 2.24. The van der Waals surface area contributed by atoms with Crippen molar-refractivity contribution >= 4 is 28.5 Å². The minimum atomic E-state index is 0.181. The van der Waals surface area contributed by atoms with Crippen LogP contribution in [0.4, 0.5) is 17.3 Å². The van der Waals surface area contributed by atoms with Crippen molar-refractivity contribution in [1.29, 1.82) is 5.26 Å². The Morgan fingerprint density at radius 2 is 2.08 bits per heavy atom. The number of pyridine rings is 2. The Labute approximate surface area is 208 Å². The fourth-order valence-corrected chi connectivity index (χ4v) is 4.03. The number of nitrogens with one attached hydrogen (secondary N) is 1. The van der Waals surface area contributed by atoms with E-state index in [0.29, 0.717) is 52.5 Å². The van der Waals surface area contributed by atoms with Crippen molar-refractivity contribution in [1.82, 2.24) is 29.7 Å². The van der Waals surface area contributed by atoms with Gasteiger partial charge in [-0.2, -0.15) is 10.2 Å². The van der Waals surface area contributed by atoms with Crippen LogP contribution in [0.5, 0.6) is 11.6 Å². The zero-order valence-electron chi connectivity index (χ0n) is 20.6. The molecule has 11 nitrogen and oxygen atoms in total. The molecule has 5 heterocycles. The maximum atomic E-state index is 9.07. The summed E-state index contributed by atoms with van der Waals surface area (Å²) in [5.74, 6) is 2.71. The number of hydrogen-bond donors (Lipinski definition) is 1. The van der Waals surface area contributed by atoms with E-state index in [2.05, 4.69) is 49.2 Å². The molecule has 1 saturated heterocycles. The van der Waals surface area contributed by atoms with E-state index in [-0.39, 0.29) is 6.10 Å². The highest BCUT2D eigenvalue weighted by atomic mass is 16.5. The molecule has 11 heteroatoms. The second-order valence-electron chi connectivity index (χ2n) is 9.09. The van der Waals surface area contributed by atoms with E-state index >= 15 is 0 Å². The molecule has 1 aliphatic rings. The maximum absolute atomic E-state index is 9.07. The number of imidazole rings is 1. The fraction of sp³-hybridized carbons (Fsp3) is 0.360. The predicted molar refractivity (Wildman–Crippen MR) is 134 cm³/mol. The number of nitrogens with zero attached hydrogens (tertiary/aromatic N) is 8. The van der Waals surface area contributed by atoms with Gasteiger partial charge in [-0.15, -0.1) is 10.2 Å². The van der Waals surface area contributed by atoms with Crippen molar-refractivity contribution in [3.63, 3.8) is 0 Å². The molecule has 1 fully saturated rings. The highest BCUT2D eigenvalue weighted by Crippen LogP contribution is 2.31. The summed E-state index contributed by atoms with van der Waals surface area (Å²) in [6.45, 7) is 8.44. The summed E-state index contributed by atoms with van der Waals surface area (Å²) in [5, 5.41) is 21.2. The Hall–Kier alpha value is -4.30. The summed E-state index contributed by atoms with van der Waals surface area (Å²) < 4.78 is 13.7. The van der Waals surface area contributed by atoms with Gasteiger partial charge in [-0.3, -0.25) is 0 Å². The summed E-state index contributed by atoms with van der Waals surface area (Å²) >= 11 is 0. The van der Waals surface area contributed by atoms with Gasteiger partial charge in [0.15, 0.2) is 23.0 Å². The van der Waals surface area contributed by atoms with Gasteiger partial charge in [0.2, 0.25) is 5.88 Å². The molecule has 0 saturated carbocycles. The van der Waals surface area contributed by atoms with Crippen LogP contribution in [0, 0.1) is 24.2 Å². The Kier molecular flexibility index (Phi) is 6.35. The number of ether oxygens (including phenoxy) is 2. The van der Waals surface area contributed by atoms with Crippen molar-refractivity contribution < 1.29 is 9.47 Å². The molecule has 0 amide bonds. The first-order chi connectivity index (χ1) is 17.4.